The molecule has 0 aliphatic heterocycles. The van der Waals surface area contributed by atoms with Gasteiger partial charge in [-0.3, -0.25) is 32.1 Å². The number of fused-ring (bicyclic) bond motifs is 2. The first-order valence-corrected chi connectivity index (χ1v) is 36.4. The molecular weight excluding hydrogens is 1420 g/mol. The second-order valence-corrected chi connectivity index (χ2v) is 30.8. The number of nitrogens with two attached hydrogens (primary N) is 2. The van der Waals surface area contributed by atoms with Gasteiger partial charge in [-0.05, 0) is 126 Å². The van der Waals surface area contributed by atoms with Crippen LogP contribution in [0.25, 0.3) is 21.5 Å². The molecule has 0 aliphatic carbocycles. The van der Waals surface area contributed by atoms with E-state index in [1.54, 1.807) is 0 Å². The molecule has 0 spiro atoms. The Hall–Kier alpha value is -9.59. The zero-order valence-electron chi connectivity index (χ0n) is 46.1. The Morgan fingerprint density at radius 1 is 0.457 bits per heavy atom. The summed E-state index contributed by atoms with van der Waals surface area (Å²) < 4.78 is 261. The standard InChI is InChI=1S/C49H39N11O26S8/c1-2-87(64,65)31-12-7-28(8-13-31)53-57-43-35(90(71,72)73)19-25-21-37(92(77,78)79)45(47(61)39(25)41(43)50)59-55-27-5-3-24(4-6-27)49(63)52-30-11-16-34(89(68,69)70)33(23-30)56-60-46-38(93(80,81)82)22-26-20-36(91(74,75)76)44(42(51)40(26)48(46)62)58-54-29-9-14-32(15-10-29)88(66,67)18-17-86-94(83,84)85/h2-16,19-23,61-62H,1,17-18,50-51H2,(H,52,63)(H,68,69,70)(H,71,72,73)(H,74,75,76)(H,77,78,79)(H,80,81,82)(H,83,84,85). The van der Waals surface area contributed by atoms with E-state index in [9.17, 15) is 105 Å². The van der Waals surface area contributed by atoms with Crippen molar-refractivity contribution in [3.05, 3.63) is 133 Å². The third-order valence-electron chi connectivity index (χ3n) is 12.6. The SMILES string of the molecule is C=CS(=O)(=O)c1ccc(N=Nc2c(S(=O)(=O)O)cc3cc(S(=O)(=O)O)c(N=Nc4ccc(C(=O)Nc5ccc(S(=O)(=O)O)c(N=Nc6c(S(=O)(=O)O)cc7cc(S(=O)(=O)O)c(N=Nc8ccc(S(=O)(=O)CCOS(=O)(=O)O)cc8)c(N)c7c6O)c5)cc4)c(O)c3c2N)cc1. The van der Waals surface area contributed by atoms with Crippen LogP contribution in [0.4, 0.5) is 62.6 Å². The average molecular weight is 1450 g/mol. The van der Waals surface area contributed by atoms with Gasteiger partial charge in [0, 0.05) is 16.7 Å². The lowest BCUT2D eigenvalue weighted by molar-refractivity contribution is 0.102. The summed E-state index contributed by atoms with van der Waals surface area (Å²) in [6.07, 6.45) is 0. The Morgan fingerprint density at radius 3 is 1.20 bits per heavy atom. The van der Waals surface area contributed by atoms with E-state index in [0.29, 0.717) is 35.7 Å². The quantitative estimate of drug-likeness (QED) is 0.0173. The van der Waals surface area contributed by atoms with Crippen molar-refractivity contribution in [3.8, 4) is 11.5 Å². The zero-order chi connectivity index (χ0) is 69.6. The molecule has 0 fully saturated rings. The number of nitrogen functional groups attached to an aromatic ring is 2. The van der Waals surface area contributed by atoms with E-state index >= 15 is 0 Å². The molecule has 45 heteroatoms. The van der Waals surface area contributed by atoms with E-state index in [-0.39, 0.29) is 33.2 Å². The van der Waals surface area contributed by atoms with Crippen LogP contribution in [-0.2, 0) is 84.8 Å². The lowest BCUT2D eigenvalue weighted by Crippen LogP contribution is -2.15. The number of amides is 1. The molecule has 94 heavy (non-hydrogen) atoms. The number of hydrogen-bond acceptors (Lipinski definition) is 30. The van der Waals surface area contributed by atoms with Crippen molar-refractivity contribution in [2.75, 3.05) is 29.1 Å². The van der Waals surface area contributed by atoms with Crippen molar-refractivity contribution in [3.63, 3.8) is 0 Å². The number of carbonyl (C=O) groups is 1. The normalized spacial score (nSPS) is 13.3. The van der Waals surface area contributed by atoms with Gasteiger partial charge in [-0.1, -0.05) is 6.58 Å². The fraction of sp³-hybridized carbons (Fsp3) is 0.0408. The molecule has 8 aromatic rings. The molecule has 8 rings (SSSR count). The first-order chi connectivity index (χ1) is 43.4. The molecule has 0 aromatic heterocycles. The van der Waals surface area contributed by atoms with E-state index in [1.807, 2.05) is 0 Å². The largest absolute Gasteiger partial charge is 0.505 e. The van der Waals surface area contributed by atoms with Crippen LogP contribution >= 0.6 is 0 Å². The minimum atomic E-state index is -5.58. The molecule has 37 nitrogen and oxygen atoms in total. The van der Waals surface area contributed by atoms with Crippen LogP contribution in [0.2, 0.25) is 0 Å². The van der Waals surface area contributed by atoms with Crippen molar-refractivity contribution in [1.82, 2.24) is 0 Å². The van der Waals surface area contributed by atoms with Gasteiger partial charge in [0.2, 0.25) is 0 Å². The summed E-state index contributed by atoms with van der Waals surface area (Å²) in [4.78, 5) is 7.05. The van der Waals surface area contributed by atoms with E-state index in [2.05, 4.69) is 57.0 Å². The molecule has 0 saturated carbocycles. The summed E-state index contributed by atoms with van der Waals surface area (Å²) in [7, 11) is -40.1. The Labute approximate surface area is 529 Å². The number of nitrogens with one attached hydrogen (secondary N) is 1. The van der Waals surface area contributed by atoms with Gasteiger partial charge in [-0.25, -0.2) is 21.0 Å². The summed E-state index contributed by atoms with van der Waals surface area (Å²) in [5.41, 5.74) is 4.79. The molecular formula is C49H39N11O26S8. The predicted octanol–water partition coefficient (Wildman–Crippen LogP) is 8.23. The lowest BCUT2D eigenvalue weighted by Gasteiger charge is -2.14. The van der Waals surface area contributed by atoms with Crippen molar-refractivity contribution in [2.24, 2.45) is 40.9 Å². The number of carbonyl (C=O) groups excluding carboxylic acids is 1. The number of benzene rings is 8. The van der Waals surface area contributed by atoms with Crippen molar-refractivity contribution in [1.29, 1.82) is 0 Å². The van der Waals surface area contributed by atoms with E-state index in [0.717, 1.165) is 84.9 Å². The molecule has 8 aromatic carbocycles. The number of azo groups is 4. The summed E-state index contributed by atoms with van der Waals surface area (Å²) in [5, 5.41) is 53.5. The molecule has 0 aliphatic rings. The maximum atomic E-state index is 13.6. The van der Waals surface area contributed by atoms with Gasteiger partial charge in [0.15, 0.2) is 31.2 Å². The van der Waals surface area contributed by atoms with Crippen LogP contribution < -0.4 is 16.8 Å². The number of anilines is 3. The third-order valence-corrected chi connectivity index (χ3v) is 20.5. The van der Waals surface area contributed by atoms with Crippen LogP contribution in [0.5, 0.6) is 11.5 Å². The molecule has 0 atom stereocenters. The van der Waals surface area contributed by atoms with Gasteiger partial charge >= 0.3 is 10.4 Å². The van der Waals surface area contributed by atoms with Crippen LogP contribution in [0.1, 0.15) is 10.4 Å². The number of hydrogen-bond donors (Lipinski definition) is 11. The highest BCUT2D eigenvalue weighted by Crippen LogP contribution is 2.50. The van der Waals surface area contributed by atoms with Crippen molar-refractivity contribution >= 4 is 171 Å². The summed E-state index contributed by atoms with van der Waals surface area (Å²) >= 11 is 0. The molecule has 0 unspecified atom stereocenters. The molecule has 0 bridgehead atoms. The Morgan fingerprint density at radius 2 is 0.819 bits per heavy atom. The van der Waals surface area contributed by atoms with E-state index < -0.39 is 201 Å². The number of phenols is 2. The summed E-state index contributed by atoms with van der Waals surface area (Å²) in [6.45, 7) is 2.24. The number of rotatable bonds is 22. The third kappa shape index (κ3) is 15.7. The second-order valence-electron chi connectivity index (χ2n) is 18.7. The van der Waals surface area contributed by atoms with Gasteiger partial charge in [-0.15, -0.1) is 25.6 Å². The maximum Gasteiger partial charge on any atom is 0.397 e. The van der Waals surface area contributed by atoms with Crippen LogP contribution in [-0.4, -0.2) is 123 Å². The number of phenolic OH excluding ortho intramolecular Hbond substituents is 2. The number of sulfone groups is 2. The van der Waals surface area contributed by atoms with Gasteiger partial charge in [0.1, 0.15) is 52.9 Å². The predicted molar refractivity (Wildman–Crippen MR) is 326 cm³/mol. The number of aromatic hydroxyl groups is 2. The van der Waals surface area contributed by atoms with Crippen LogP contribution in [0.15, 0.2) is 202 Å². The molecule has 0 heterocycles. The first kappa shape index (κ1) is 70.3. The Bertz CT molecular complexity index is 5650. The molecule has 0 saturated heterocycles. The molecule has 13 N–H and O–H groups in total. The van der Waals surface area contributed by atoms with Gasteiger partial charge in [-0.2, -0.15) is 65.8 Å². The zero-order valence-corrected chi connectivity index (χ0v) is 52.6. The minimum absolute atomic E-state index is 0.0843. The summed E-state index contributed by atoms with van der Waals surface area (Å²) in [6, 6.07) is 17.3. The summed E-state index contributed by atoms with van der Waals surface area (Å²) in [5.74, 6) is -4.44. The lowest BCUT2D eigenvalue weighted by atomic mass is 10.1. The topological polar surface area (TPSA) is 624 Å². The highest BCUT2D eigenvalue weighted by molar-refractivity contribution is 7.94. The van der Waals surface area contributed by atoms with Gasteiger partial charge in [0.05, 0.1) is 61.4 Å². The Balaban J connectivity index is 1.10. The highest BCUT2D eigenvalue weighted by Gasteiger charge is 2.31. The second kappa shape index (κ2) is 25.7. The van der Waals surface area contributed by atoms with E-state index in [4.69, 9.17) is 16.0 Å². The highest BCUT2D eigenvalue weighted by atomic mass is 32.3. The van der Waals surface area contributed by atoms with Crippen LogP contribution in [0, 0.1) is 0 Å². The fourth-order valence-electron chi connectivity index (χ4n) is 8.30. The molecule has 494 valence electrons. The monoisotopic (exact) mass is 1450 g/mol. The first-order valence-electron chi connectivity index (χ1n) is 24.7. The molecule has 0 radical (unpaired) electrons. The average Bonchev–Trinajstić information content (AvgIpc) is 0.746. The van der Waals surface area contributed by atoms with Crippen molar-refractivity contribution in [2.45, 2.75) is 34.3 Å². The fourth-order valence-corrected chi connectivity index (χ4v) is 13.8. The van der Waals surface area contributed by atoms with Gasteiger partial charge in [0.25, 0.3) is 56.5 Å². The minimum Gasteiger partial charge on any atom is -0.505 e. The smallest absolute Gasteiger partial charge is 0.397 e. The maximum absolute atomic E-state index is 13.6. The van der Waals surface area contributed by atoms with Crippen LogP contribution in [0.3, 0.4) is 0 Å². The van der Waals surface area contributed by atoms with E-state index in [1.165, 1.54) is 0 Å². The van der Waals surface area contributed by atoms with Gasteiger partial charge < -0.3 is 27.0 Å². The Kier molecular flexibility index (Phi) is 19.2. The number of nitrogens with zero attached hydrogens (tertiary/aromatic N) is 8. The molecule has 1 amide bonds. The van der Waals surface area contributed by atoms with Crippen molar-refractivity contribution < 1.29 is 114 Å².